The minimum Gasteiger partial charge on any atom is -0.468 e. The number of piperidine rings is 1. The number of ether oxygens (including phenoxy) is 2. The Kier molecular flexibility index (Phi) is 8.64. The molecule has 8 heteroatoms. The molecule has 1 saturated heterocycles. The first-order valence-electron chi connectivity index (χ1n) is 9.83. The van der Waals surface area contributed by atoms with Crippen LogP contribution in [0.25, 0.3) is 0 Å². The summed E-state index contributed by atoms with van der Waals surface area (Å²) in [7, 11) is 1.16. The smallest absolute Gasteiger partial charge is 0.407 e. The summed E-state index contributed by atoms with van der Waals surface area (Å²) in [5.74, 6) is -3.12. The van der Waals surface area contributed by atoms with E-state index in [1.54, 1.807) is 4.90 Å². The minimum absolute atomic E-state index is 0.123. The summed E-state index contributed by atoms with van der Waals surface area (Å²) in [4.78, 5) is 50.0. The maximum atomic E-state index is 12.7. The molecule has 1 aliphatic rings. The molecule has 0 spiro atoms. The highest BCUT2D eigenvalue weighted by molar-refractivity contribution is 6.17. The number of benzene rings is 1. The molecule has 2 amide bonds. The lowest BCUT2D eigenvalue weighted by Crippen LogP contribution is -2.53. The van der Waals surface area contributed by atoms with Gasteiger partial charge in [-0.1, -0.05) is 43.7 Å². The Labute approximate surface area is 170 Å². The van der Waals surface area contributed by atoms with E-state index in [2.05, 4.69) is 10.1 Å². The Bertz CT molecular complexity index is 713. The van der Waals surface area contributed by atoms with Gasteiger partial charge in [0.15, 0.2) is 11.7 Å². The molecular formula is C21H28N2O6. The number of Topliss-reactive ketones (excluding diaryl/α,β-unsaturated/α-hetero) is 1. The molecule has 0 aromatic heterocycles. The summed E-state index contributed by atoms with van der Waals surface area (Å²) in [6, 6.07) is 9.18. The average Bonchev–Trinajstić information content (AvgIpc) is 2.72. The zero-order valence-electron chi connectivity index (χ0n) is 16.9. The lowest BCUT2D eigenvalue weighted by molar-refractivity contribution is -0.161. The summed E-state index contributed by atoms with van der Waals surface area (Å²) in [6.45, 7) is 2.76. The zero-order valence-corrected chi connectivity index (χ0v) is 16.9. The van der Waals surface area contributed by atoms with Crippen molar-refractivity contribution in [1.82, 2.24) is 10.2 Å². The van der Waals surface area contributed by atoms with Crippen LogP contribution in [0.2, 0.25) is 0 Å². The second-order valence-corrected chi connectivity index (χ2v) is 6.92. The van der Waals surface area contributed by atoms with E-state index in [-0.39, 0.29) is 25.6 Å². The van der Waals surface area contributed by atoms with Crippen molar-refractivity contribution in [2.75, 3.05) is 20.2 Å². The van der Waals surface area contributed by atoms with Crippen LogP contribution in [0, 0.1) is 5.92 Å². The van der Waals surface area contributed by atoms with Gasteiger partial charge in [0.1, 0.15) is 6.61 Å². The maximum absolute atomic E-state index is 12.7. The lowest BCUT2D eigenvalue weighted by atomic mass is 9.92. The van der Waals surface area contributed by atoms with E-state index in [0.717, 1.165) is 19.1 Å². The molecule has 1 aliphatic heterocycles. The van der Waals surface area contributed by atoms with Gasteiger partial charge in [0, 0.05) is 25.6 Å². The number of amides is 2. The molecule has 8 nitrogen and oxygen atoms in total. The number of carbonyl (C=O) groups excluding carboxylic acids is 4. The minimum atomic E-state index is -1.38. The van der Waals surface area contributed by atoms with Crippen molar-refractivity contribution in [2.24, 2.45) is 5.92 Å². The van der Waals surface area contributed by atoms with Gasteiger partial charge in [-0.2, -0.15) is 0 Å². The third-order valence-corrected chi connectivity index (χ3v) is 4.91. The number of hydrogen-bond donors (Lipinski definition) is 1. The molecule has 0 saturated carbocycles. The number of methoxy groups -OCH3 is 1. The van der Waals surface area contributed by atoms with Gasteiger partial charge in [0.2, 0.25) is 5.91 Å². The third kappa shape index (κ3) is 6.30. The molecule has 0 bridgehead atoms. The predicted molar refractivity (Wildman–Crippen MR) is 105 cm³/mol. The Hall–Kier alpha value is -2.90. The van der Waals surface area contributed by atoms with Crippen LogP contribution in [0.1, 0.15) is 38.2 Å². The Morgan fingerprint density at radius 2 is 1.93 bits per heavy atom. The zero-order chi connectivity index (χ0) is 21.2. The summed E-state index contributed by atoms with van der Waals surface area (Å²) >= 11 is 0. The quantitative estimate of drug-likeness (QED) is 0.499. The number of carbonyl (C=O) groups is 4. The van der Waals surface area contributed by atoms with Crippen molar-refractivity contribution >= 4 is 23.8 Å². The number of nitrogens with one attached hydrogen (secondary N) is 1. The molecule has 2 atom stereocenters. The van der Waals surface area contributed by atoms with Crippen molar-refractivity contribution in [3.05, 3.63) is 35.9 Å². The van der Waals surface area contributed by atoms with Crippen LogP contribution < -0.4 is 5.32 Å². The highest BCUT2D eigenvalue weighted by Gasteiger charge is 2.43. The van der Waals surface area contributed by atoms with Gasteiger partial charge in [0.25, 0.3) is 0 Å². The molecule has 2 unspecified atom stereocenters. The van der Waals surface area contributed by atoms with Crippen LogP contribution in [-0.4, -0.2) is 54.9 Å². The summed E-state index contributed by atoms with van der Waals surface area (Å²) in [6.07, 6.45) is 1.62. The van der Waals surface area contributed by atoms with Gasteiger partial charge >= 0.3 is 12.1 Å². The summed E-state index contributed by atoms with van der Waals surface area (Å²) in [5.41, 5.74) is 0.893. The van der Waals surface area contributed by atoms with E-state index < -0.39 is 29.7 Å². The summed E-state index contributed by atoms with van der Waals surface area (Å²) in [5, 5.41) is 2.69. The number of alkyl carbamates (subject to hydrolysis) is 1. The van der Waals surface area contributed by atoms with Crippen molar-refractivity contribution in [1.29, 1.82) is 0 Å². The molecule has 2 rings (SSSR count). The maximum Gasteiger partial charge on any atom is 0.407 e. The second kappa shape index (κ2) is 11.2. The van der Waals surface area contributed by atoms with Gasteiger partial charge in [-0.3, -0.25) is 14.4 Å². The number of likely N-dealkylation sites (tertiary alicyclic amines) is 1. The lowest BCUT2D eigenvalue weighted by Gasteiger charge is -2.36. The standard InChI is InChI=1S/C21H28N2O6/c1-3-7-16(23-13-11-17(24)18(19(23)25)20(26)28-2)10-12-22-21(27)29-14-15-8-5-4-6-9-15/h4-6,8-9,16,18H,3,7,10-14H2,1-2H3,(H,22,27). The fourth-order valence-corrected chi connectivity index (χ4v) is 3.41. The van der Waals surface area contributed by atoms with Gasteiger partial charge in [-0.15, -0.1) is 0 Å². The summed E-state index contributed by atoms with van der Waals surface area (Å²) < 4.78 is 9.79. The number of rotatable bonds is 9. The van der Waals surface area contributed by atoms with Crippen LogP contribution in [0.5, 0.6) is 0 Å². The van der Waals surface area contributed by atoms with Crippen LogP contribution in [0.3, 0.4) is 0 Å². The van der Waals surface area contributed by atoms with E-state index in [4.69, 9.17) is 4.74 Å². The van der Waals surface area contributed by atoms with Crippen molar-refractivity contribution < 1.29 is 28.7 Å². The highest BCUT2D eigenvalue weighted by Crippen LogP contribution is 2.22. The molecule has 1 N–H and O–H groups in total. The fourth-order valence-electron chi connectivity index (χ4n) is 3.41. The number of ketones is 1. The molecule has 1 aromatic carbocycles. The number of nitrogens with zero attached hydrogens (tertiary/aromatic N) is 1. The number of hydrogen-bond acceptors (Lipinski definition) is 6. The molecule has 1 heterocycles. The van der Waals surface area contributed by atoms with Gasteiger partial charge in [-0.05, 0) is 18.4 Å². The van der Waals surface area contributed by atoms with Crippen molar-refractivity contribution in [2.45, 2.75) is 45.3 Å². The van der Waals surface area contributed by atoms with E-state index in [1.807, 2.05) is 37.3 Å². The molecule has 1 fully saturated rings. The first-order valence-corrected chi connectivity index (χ1v) is 9.83. The molecular weight excluding hydrogens is 376 g/mol. The topological polar surface area (TPSA) is 102 Å². The Balaban J connectivity index is 1.87. The molecule has 0 aliphatic carbocycles. The van der Waals surface area contributed by atoms with E-state index in [9.17, 15) is 19.2 Å². The van der Waals surface area contributed by atoms with Crippen LogP contribution in [-0.2, 0) is 30.5 Å². The first kappa shape index (κ1) is 22.4. The van der Waals surface area contributed by atoms with Crippen LogP contribution >= 0.6 is 0 Å². The number of esters is 1. The van der Waals surface area contributed by atoms with Gasteiger partial charge in [-0.25, -0.2) is 4.79 Å². The normalized spacial score (nSPS) is 17.6. The van der Waals surface area contributed by atoms with Gasteiger partial charge < -0.3 is 19.7 Å². The third-order valence-electron chi connectivity index (χ3n) is 4.91. The molecule has 158 valence electrons. The van der Waals surface area contributed by atoms with Gasteiger partial charge in [0.05, 0.1) is 7.11 Å². The molecule has 0 radical (unpaired) electrons. The highest BCUT2D eigenvalue weighted by atomic mass is 16.5. The monoisotopic (exact) mass is 404 g/mol. The van der Waals surface area contributed by atoms with Crippen LogP contribution in [0.15, 0.2) is 30.3 Å². The SMILES string of the molecule is CCCC(CCNC(=O)OCc1ccccc1)N1CCC(=O)C(C(=O)OC)C1=O. The largest absolute Gasteiger partial charge is 0.468 e. The Morgan fingerprint density at radius 3 is 2.59 bits per heavy atom. The van der Waals surface area contributed by atoms with E-state index in [0.29, 0.717) is 19.4 Å². The molecule has 1 aromatic rings. The van der Waals surface area contributed by atoms with Crippen LogP contribution in [0.4, 0.5) is 4.79 Å². The van der Waals surface area contributed by atoms with Crippen molar-refractivity contribution in [3.63, 3.8) is 0 Å². The second-order valence-electron chi connectivity index (χ2n) is 6.92. The Morgan fingerprint density at radius 1 is 1.21 bits per heavy atom. The molecule has 29 heavy (non-hydrogen) atoms. The van der Waals surface area contributed by atoms with Crippen molar-refractivity contribution in [3.8, 4) is 0 Å². The van der Waals surface area contributed by atoms with E-state index >= 15 is 0 Å². The van der Waals surface area contributed by atoms with E-state index in [1.165, 1.54) is 0 Å². The fraction of sp³-hybridized carbons (Fsp3) is 0.524. The first-order chi connectivity index (χ1) is 14.0. The average molecular weight is 404 g/mol. The predicted octanol–water partition coefficient (Wildman–Crippen LogP) is 2.06.